The van der Waals surface area contributed by atoms with Crippen LogP contribution in [0.3, 0.4) is 0 Å². The van der Waals surface area contributed by atoms with Gasteiger partial charge >= 0.3 is 98.2 Å². The molecule has 0 spiro atoms. The number of benzene rings is 3. The zero-order valence-electron chi connectivity index (χ0n) is 14.5. The molecule has 0 unspecified atom stereocenters. The van der Waals surface area contributed by atoms with Gasteiger partial charge in [-0.25, -0.2) is 8.42 Å². The Kier molecular flexibility index (Phi) is 7.77. The molecule has 0 aromatic heterocycles. The molecule has 138 valence electrons. The van der Waals surface area contributed by atoms with E-state index >= 15 is 0 Å². The van der Waals surface area contributed by atoms with Crippen LogP contribution in [0, 0.1) is 14.1 Å². The molecular formula is C20H20IO4S-. The topological polar surface area (TPSA) is 66.4 Å². The summed E-state index contributed by atoms with van der Waals surface area (Å²) in [5.74, 6) is 0. The van der Waals surface area contributed by atoms with Crippen LogP contribution in [-0.2, 0) is 13.2 Å². The van der Waals surface area contributed by atoms with Gasteiger partial charge in [0.2, 0.25) is 0 Å². The third kappa shape index (κ3) is 5.91. The van der Waals surface area contributed by atoms with Crippen molar-refractivity contribution in [3.05, 3.63) is 97.6 Å². The molecular weight excluding hydrogens is 463 g/mol. The summed E-state index contributed by atoms with van der Waals surface area (Å²) in [6.07, 6.45) is 0. The zero-order chi connectivity index (χ0) is 19.0. The van der Waals surface area contributed by atoms with Crippen LogP contribution in [0.2, 0.25) is 0 Å². The predicted molar refractivity (Wildman–Crippen MR) is 110 cm³/mol. The maximum atomic E-state index is 10.5. The first kappa shape index (κ1) is 20.6. The Bertz CT molecular complexity index is 873. The molecule has 0 saturated carbocycles. The number of aryl methyl sites for hydroxylation is 1. The quantitative estimate of drug-likeness (QED) is 0.399. The normalized spacial score (nSPS) is 11.3. The van der Waals surface area contributed by atoms with Crippen LogP contribution in [0.4, 0.5) is 0 Å². The second kappa shape index (κ2) is 9.82. The van der Waals surface area contributed by atoms with E-state index in [1.807, 2.05) is 19.2 Å². The van der Waals surface area contributed by atoms with Gasteiger partial charge in [0.25, 0.3) is 0 Å². The van der Waals surface area contributed by atoms with Crippen molar-refractivity contribution in [1.82, 2.24) is 0 Å². The third-order valence-electron chi connectivity index (χ3n) is 3.38. The number of hydrogen-bond donors (Lipinski definition) is 0. The monoisotopic (exact) mass is 483 g/mol. The smallest absolute Gasteiger partial charge is 0.124 e. The molecule has 6 heteroatoms. The Morgan fingerprint density at radius 1 is 0.769 bits per heavy atom. The molecule has 0 radical (unpaired) electrons. The van der Waals surface area contributed by atoms with E-state index in [9.17, 15) is 13.0 Å². The van der Waals surface area contributed by atoms with Crippen LogP contribution in [0.5, 0.6) is 0 Å². The fraction of sp³-hybridized carbons (Fsp3) is 0.100. The van der Waals surface area contributed by atoms with Crippen LogP contribution < -0.4 is 0 Å². The molecule has 0 saturated heterocycles. The van der Waals surface area contributed by atoms with Gasteiger partial charge in [0, 0.05) is 0 Å². The molecule has 3 aromatic rings. The van der Waals surface area contributed by atoms with Gasteiger partial charge in [0.05, 0.1) is 4.90 Å². The van der Waals surface area contributed by atoms with E-state index in [-0.39, 0.29) is 4.90 Å². The molecule has 0 fully saturated rings. The Morgan fingerprint density at radius 3 is 1.54 bits per heavy atom. The molecule has 0 bridgehead atoms. The number of halogens is 1. The first-order chi connectivity index (χ1) is 12.4. The third-order valence-corrected chi connectivity index (χ3v) is 8.96. The Morgan fingerprint density at radius 2 is 1.19 bits per heavy atom. The Hall–Kier alpha value is -1.74. The van der Waals surface area contributed by atoms with Crippen LogP contribution >= 0.6 is 20.2 Å². The Labute approximate surface area is 162 Å². The summed E-state index contributed by atoms with van der Waals surface area (Å²) in [5, 5.41) is 0. The van der Waals surface area contributed by atoms with E-state index in [2.05, 4.69) is 48.5 Å². The van der Waals surface area contributed by atoms with Gasteiger partial charge in [-0.05, 0) is 18.6 Å². The van der Waals surface area contributed by atoms with Gasteiger partial charge < -0.3 is 4.55 Å². The van der Waals surface area contributed by atoms with Gasteiger partial charge in [0.15, 0.2) is 0 Å². The molecule has 0 atom stereocenters. The first-order valence-corrected chi connectivity index (χ1v) is 12.2. The van der Waals surface area contributed by atoms with Gasteiger partial charge in [0.1, 0.15) is 10.1 Å². The standard InChI is InChI=1S/C13H13IO.C7H8O3S/c1-15-14(12-8-4-2-5-9-12)13-10-6-3-7-11-13;1-6-4-2-3-5-7(6)11(8,9)10/h2-11H,1H3;2-5H,1H3,(H,8,9,10)/p-1. The van der Waals surface area contributed by atoms with Crippen molar-refractivity contribution >= 4 is 30.4 Å². The molecule has 3 aromatic carbocycles. The van der Waals surface area contributed by atoms with Gasteiger partial charge in [-0.3, -0.25) is 0 Å². The number of hydrogen-bond acceptors (Lipinski definition) is 4. The van der Waals surface area contributed by atoms with Crippen LogP contribution in [0.1, 0.15) is 5.56 Å². The minimum atomic E-state index is -4.28. The SMILES string of the molecule is COI(c1ccccc1)c1ccccc1.Cc1ccccc1S(=O)(=O)[O-]. The van der Waals surface area contributed by atoms with Gasteiger partial charge in [-0.2, -0.15) is 0 Å². The molecule has 0 aliphatic rings. The van der Waals surface area contributed by atoms with Crippen molar-refractivity contribution in [2.45, 2.75) is 11.8 Å². The molecule has 4 nitrogen and oxygen atoms in total. The maximum absolute atomic E-state index is 10.5. The van der Waals surface area contributed by atoms with Gasteiger partial charge in [-0.15, -0.1) is 0 Å². The largest absolute Gasteiger partial charge is 0.744 e. The average molecular weight is 483 g/mol. The van der Waals surface area contributed by atoms with Crippen molar-refractivity contribution in [3.8, 4) is 0 Å². The van der Waals surface area contributed by atoms with Crippen molar-refractivity contribution < 1.29 is 16.0 Å². The average Bonchev–Trinajstić information content (AvgIpc) is 2.64. The maximum Gasteiger partial charge on any atom is 0.124 e. The van der Waals surface area contributed by atoms with Crippen molar-refractivity contribution in [2.75, 3.05) is 7.11 Å². The fourth-order valence-electron chi connectivity index (χ4n) is 2.20. The van der Waals surface area contributed by atoms with Crippen molar-refractivity contribution in [3.63, 3.8) is 0 Å². The second-order valence-electron chi connectivity index (χ2n) is 5.21. The molecule has 0 aliphatic heterocycles. The summed E-state index contributed by atoms with van der Waals surface area (Å²) in [7, 11) is -2.47. The molecule has 0 N–H and O–H groups in total. The first-order valence-electron chi connectivity index (χ1n) is 7.79. The number of rotatable bonds is 4. The minimum absolute atomic E-state index is 0.139. The fourth-order valence-corrected chi connectivity index (χ4v) is 6.78. The summed E-state index contributed by atoms with van der Waals surface area (Å²) in [6.45, 7) is 1.59. The minimum Gasteiger partial charge on any atom is -0.744 e. The van der Waals surface area contributed by atoms with Gasteiger partial charge in [-0.1, -0.05) is 18.2 Å². The van der Waals surface area contributed by atoms with Crippen molar-refractivity contribution in [1.29, 1.82) is 0 Å². The molecule has 3 rings (SSSR count). The second-order valence-corrected chi connectivity index (χ2v) is 11.4. The molecule has 0 heterocycles. The summed E-state index contributed by atoms with van der Waals surface area (Å²) in [6, 6.07) is 27.1. The van der Waals surface area contributed by atoms with E-state index < -0.39 is 30.4 Å². The zero-order valence-corrected chi connectivity index (χ0v) is 17.5. The molecule has 26 heavy (non-hydrogen) atoms. The van der Waals surface area contributed by atoms with E-state index in [1.165, 1.54) is 19.3 Å². The summed E-state index contributed by atoms with van der Waals surface area (Å²) in [4.78, 5) is -0.139. The predicted octanol–water partition coefficient (Wildman–Crippen LogP) is 4.69. The van der Waals surface area contributed by atoms with E-state index in [0.29, 0.717) is 5.56 Å². The van der Waals surface area contributed by atoms with Crippen molar-refractivity contribution in [2.24, 2.45) is 0 Å². The van der Waals surface area contributed by atoms with Crippen LogP contribution in [0.25, 0.3) is 0 Å². The van der Waals surface area contributed by atoms with E-state index in [1.54, 1.807) is 19.1 Å². The summed E-state index contributed by atoms with van der Waals surface area (Å²) < 4.78 is 39.9. The molecule has 0 aliphatic carbocycles. The Balaban J connectivity index is 0.000000197. The van der Waals surface area contributed by atoms with Crippen LogP contribution in [-0.4, -0.2) is 20.1 Å². The molecule has 0 amide bonds. The summed E-state index contributed by atoms with van der Waals surface area (Å²) in [5.41, 5.74) is 0.488. The summed E-state index contributed by atoms with van der Waals surface area (Å²) >= 11 is -1.62. The van der Waals surface area contributed by atoms with Crippen LogP contribution in [0.15, 0.2) is 89.8 Å². The van der Waals surface area contributed by atoms with E-state index in [4.69, 9.17) is 3.07 Å². The van der Waals surface area contributed by atoms with E-state index in [0.717, 1.165) is 0 Å².